The average molecular weight is 269 g/mol. The second-order valence-corrected chi connectivity index (χ2v) is 6.49. The molecule has 1 aliphatic carbocycles. The molecule has 1 aliphatic rings. The van der Waals surface area contributed by atoms with Crippen molar-refractivity contribution in [1.29, 1.82) is 0 Å². The van der Waals surface area contributed by atoms with Gasteiger partial charge in [0.15, 0.2) is 0 Å². The van der Waals surface area contributed by atoms with E-state index >= 15 is 0 Å². The van der Waals surface area contributed by atoms with Crippen LogP contribution in [-0.4, -0.2) is 23.5 Å². The zero-order chi connectivity index (χ0) is 14.5. The second kappa shape index (κ2) is 6.92. The monoisotopic (exact) mass is 269 g/mol. The molecule has 0 saturated heterocycles. The third-order valence-corrected chi connectivity index (χ3v) is 3.47. The van der Waals surface area contributed by atoms with Gasteiger partial charge in [0, 0.05) is 12.5 Å². The summed E-state index contributed by atoms with van der Waals surface area (Å²) in [4.78, 5) is 23.3. The van der Waals surface area contributed by atoms with E-state index in [-0.39, 0.29) is 30.8 Å². The molecule has 1 amide bonds. The first kappa shape index (κ1) is 16.0. The van der Waals surface area contributed by atoms with Gasteiger partial charge in [-0.3, -0.25) is 9.59 Å². The smallest absolute Gasteiger partial charge is 0.306 e. The Hall–Kier alpha value is -1.06. The highest BCUT2D eigenvalue weighted by molar-refractivity contribution is 5.81. The lowest BCUT2D eigenvalue weighted by atomic mass is 10.00. The quantitative estimate of drug-likeness (QED) is 0.781. The molecule has 1 atom stereocenters. The van der Waals surface area contributed by atoms with Crippen LogP contribution in [0.15, 0.2) is 0 Å². The number of nitrogens with one attached hydrogen (secondary N) is 1. The maximum absolute atomic E-state index is 11.8. The summed E-state index contributed by atoms with van der Waals surface area (Å²) in [5, 5.41) is 2.99. The largest absolute Gasteiger partial charge is 0.460 e. The fourth-order valence-corrected chi connectivity index (χ4v) is 2.51. The summed E-state index contributed by atoms with van der Waals surface area (Å²) < 4.78 is 5.17. The number of hydrogen-bond acceptors (Lipinski definition) is 3. The summed E-state index contributed by atoms with van der Waals surface area (Å²) in [6.07, 6.45) is 5.30. The summed E-state index contributed by atoms with van der Waals surface area (Å²) >= 11 is 0. The maximum atomic E-state index is 11.8. The van der Waals surface area contributed by atoms with Crippen molar-refractivity contribution in [3.63, 3.8) is 0 Å². The van der Waals surface area contributed by atoms with Crippen molar-refractivity contribution in [3.8, 4) is 0 Å². The van der Waals surface area contributed by atoms with Crippen LogP contribution in [0.2, 0.25) is 0 Å². The van der Waals surface area contributed by atoms with Crippen LogP contribution in [0.5, 0.6) is 0 Å². The van der Waals surface area contributed by atoms with Crippen molar-refractivity contribution in [3.05, 3.63) is 0 Å². The number of esters is 1. The third kappa shape index (κ3) is 6.60. The topological polar surface area (TPSA) is 55.4 Å². The minimum Gasteiger partial charge on any atom is -0.460 e. The van der Waals surface area contributed by atoms with E-state index in [0.717, 1.165) is 0 Å². The normalized spacial score (nSPS) is 18.1. The molecular weight excluding hydrogens is 242 g/mol. The van der Waals surface area contributed by atoms with Crippen molar-refractivity contribution in [1.82, 2.24) is 5.32 Å². The summed E-state index contributed by atoms with van der Waals surface area (Å²) in [6, 6.07) is 0.216. The first-order chi connectivity index (χ1) is 8.78. The van der Waals surface area contributed by atoms with E-state index in [1.54, 1.807) is 0 Å². The molecule has 0 bridgehead atoms. The lowest BCUT2D eigenvalue weighted by Crippen LogP contribution is -2.37. The molecule has 0 aliphatic heterocycles. The molecule has 0 spiro atoms. The van der Waals surface area contributed by atoms with Crippen LogP contribution in [0.4, 0.5) is 0 Å². The first-order valence-corrected chi connectivity index (χ1v) is 7.29. The van der Waals surface area contributed by atoms with Crippen molar-refractivity contribution in [2.75, 3.05) is 0 Å². The van der Waals surface area contributed by atoms with Crippen LogP contribution >= 0.6 is 0 Å². The Kier molecular flexibility index (Phi) is 5.83. The highest BCUT2D eigenvalue weighted by Crippen LogP contribution is 2.27. The molecule has 4 heteroatoms. The lowest BCUT2D eigenvalue weighted by molar-refractivity contribution is -0.155. The highest BCUT2D eigenvalue weighted by Gasteiger charge is 2.23. The van der Waals surface area contributed by atoms with Gasteiger partial charge in [-0.05, 0) is 46.5 Å². The van der Waals surface area contributed by atoms with Gasteiger partial charge < -0.3 is 10.1 Å². The molecule has 0 radical (unpaired) electrons. The highest BCUT2D eigenvalue weighted by atomic mass is 16.6. The Labute approximate surface area is 116 Å². The molecular formula is C15H27NO3. The molecule has 1 saturated carbocycles. The van der Waals surface area contributed by atoms with E-state index in [1.807, 2.05) is 20.8 Å². The molecule has 110 valence electrons. The fraction of sp³-hybridized carbons (Fsp3) is 0.867. The van der Waals surface area contributed by atoms with Gasteiger partial charge in [0.1, 0.15) is 5.60 Å². The van der Waals surface area contributed by atoms with Gasteiger partial charge in [0.2, 0.25) is 5.91 Å². The van der Waals surface area contributed by atoms with Crippen LogP contribution < -0.4 is 5.32 Å². The van der Waals surface area contributed by atoms with Crippen molar-refractivity contribution < 1.29 is 14.3 Å². The van der Waals surface area contributed by atoms with Gasteiger partial charge in [-0.1, -0.05) is 12.8 Å². The minimum absolute atomic E-state index is 0.0507. The standard InChI is InChI=1S/C15H27NO3/c1-11(12-7-5-6-8-12)16-13(17)9-10-14(18)19-15(2,3)4/h11-12H,5-10H2,1-4H3,(H,16,17). The van der Waals surface area contributed by atoms with E-state index in [2.05, 4.69) is 12.2 Å². The second-order valence-electron chi connectivity index (χ2n) is 6.49. The van der Waals surface area contributed by atoms with Gasteiger partial charge in [-0.25, -0.2) is 0 Å². The summed E-state index contributed by atoms with van der Waals surface area (Å²) in [5.41, 5.74) is -0.481. The zero-order valence-electron chi connectivity index (χ0n) is 12.6. The predicted molar refractivity (Wildman–Crippen MR) is 74.6 cm³/mol. The Morgan fingerprint density at radius 3 is 2.32 bits per heavy atom. The van der Waals surface area contributed by atoms with Crippen LogP contribution in [0.25, 0.3) is 0 Å². The van der Waals surface area contributed by atoms with Crippen LogP contribution in [0.3, 0.4) is 0 Å². The molecule has 1 N–H and O–H groups in total. The molecule has 0 aromatic heterocycles. The fourth-order valence-electron chi connectivity index (χ4n) is 2.51. The van der Waals surface area contributed by atoms with Crippen LogP contribution in [0.1, 0.15) is 66.2 Å². The number of amides is 1. The van der Waals surface area contributed by atoms with Gasteiger partial charge in [-0.15, -0.1) is 0 Å². The van der Waals surface area contributed by atoms with Gasteiger partial charge in [0.25, 0.3) is 0 Å². The Morgan fingerprint density at radius 1 is 1.21 bits per heavy atom. The number of ether oxygens (including phenoxy) is 1. The predicted octanol–water partition coefficient (Wildman–Crippen LogP) is 2.80. The molecule has 0 aromatic rings. The molecule has 1 fully saturated rings. The van der Waals surface area contributed by atoms with Crippen molar-refractivity contribution in [2.45, 2.75) is 77.9 Å². The van der Waals surface area contributed by atoms with Crippen LogP contribution in [-0.2, 0) is 14.3 Å². The van der Waals surface area contributed by atoms with E-state index in [9.17, 15) is 9.59 Å². The Morgan fingerprint density at radius 2 is 1.79 bits per heavy atom. The summed E-state index contributed by atoms with van der Waals surface area (Å²) in [7, 11) is 0. The molecule has 19 heavy (non-hydrogen) atoms. The zero-order valence-corrected chi connectivity index (χ0v) is 12.6. The number of carbonyl (C=O) groups excluding carboxylic acids is 2. The molecule has 1 rings (SSSR count). The third-order valence-electron chi connectivity index (χ3n) is 3.47. The maximum Gasteiger partial charge on any atom is 0.306 e. The lowest BCUT2D eigenvalue weighted by Gasteiger charge is -2.21. The van der Waals surface area contributed by atoms with Gasteiger partial charge >= 0.3 is 5.97 Å². The van der Waals surface area contributed by atoms with Crippen LogP contribution in [0, 0.1) is 5.92 Å². The number of carbonyl (C=O) groups is 2. The van der Waals surface area contributed by atoms with E-state index in [0.29, 0.717) is 5.92 Å². The SMILES string of the molecule is CC(NC(=O)CCC(=O)OC(C)(C)C)C1CCCC1. The first-order valence-electron chi connectivity index (χ1n) is 7.29. The average Bonchev–Trinajstić information content (AvgIpc) is 2.77. The molecule has 1 unspecified atom stereocenters. The van der Waals surface area contributed by atoms with Crippen molar-refractivity contribution >= 4 is 11.9 Å². The molecule has 0 heterocycles. The number of rotatable bonds is 5. The van der Waals surface area contributed by atoms with E-state index in [1.165, 1.54) is 25.7 Å². The van der Waals surface area contributed by atoms with E-state index in [4.69, 9.17) is 4.74 Å². The van der Waals surface area contributed by atoms with Gasteiger partial charge in [0.05, 0.1) is 6.42 Å². The Bertz CT molecular complexity index is 314. The molecule has 0 aromatic carbocycles. The van der Waals surface area contributed by atoms with E-state index < -0.39 is 5.60 Å². The molecule has 4 nitrogen and oxygen atoms in total. The Balaban J connectivity index is 2.22. The summed E-state index contributed by atoms with van der Waals surface area (Å²) in [6.45, 7) is 7.54. The summed E-state index contributed by atoms with van der Waals surface area (Å²) in [5.74, 6) is 0.243. The minimum atomic E-state index is -0.481. The van der Waals surface area contributed by atoms with Gasteiger partial charge in [-0.2, -0.15) is 0 Å². The van der Waals surface area contributed by atoms with Crippen molar-refractivity contribution in [2.24, 2.45) is 5.92 Å². The number of hydrogen-bond donors (Lipinski definition) is 1.